The second-order valence-corrected chi connectivity index (χ2v) is 2.88. The lowest BCUT2D eigenvalue weighted by Gasteiger charge is -2.04. The van der Waals surface area contributed by atoms with Crippen LogP contribution in [0.4, 0.5) is 0 Å². The Labute approximate surface area is 74.7 Å². The average Bonchev–Trinajstić information content (AvgIpc) is 2.21. The number of nitrogens with one attached hydrogen (secondary N) is 1. The van der Waals surface area contributed by atoms with Gasteiger partial charge in [0, 0.05) is 11.8 Å². The summed E-state index contributed by atoms with van der Waals surface area (Å²) in [6.45, 7) is 0. The first kappa shape index (κ1) is 7.36. The molecule has 3 nitrogen and oxygen atoms in total. The van der Waals surface area contributed by atoms with E-state index < -0.39 is 0 Å². The van der Waals surface area contributed by atoms with E-state index in [1.807, 2.05) is 23.6 Å². The van der Waals surface area contributed by atoms with Crippen molar-refractivity contribution in [2.45, 2.75) is 0 Å². The van der Waals surface area contributed by atoms with Crippen molar-refractivity contribution in [1.82, 2.24) is 14.9 Å². The van der Waals surface area contributed by atoms with Crippen LogP contribution in [0, 0.1) is 6.20 Å². The van der Waals surface area contributed by atoms with Crippen LogP contribution in [-0.2, 0) is 0 Å². The molecule has 0 unspecified atom stereocenters. The van der Waals surface area contributed by atoms with Gasteiger partial charge in [-0.1, -0.05) is 0 Å². The molecular formula is C8H6N3S. The summed E-state index contributed by atoms with van der Waals surface area (Å²) in [7, 11) is 0. The van der Waals surface area contributed by atoms with E-state index in [2.05, 4.69) is 21.1 Å². The van der Waals surface area contributed by atoms with Gasteiger partial charge in [0.1, 0.15) is 0 Å². The number of nitrogens with zero attached hydrogens (tertiary/aromatic N) is 2. The van der Waals surface area contributed by atoms with Gasteiger partial charge in [0.2, 0.25) is 0 Å². The Morgan fingerprint density at radius 3 is 3.17 bits per heavy atom. The molecule has 2 rings (SSSR count). The molecule has 0 fully saturated rings. The lowest BCUT2D eigenvalue weighted by atomic mass is 10.2. The van der Waals surface area contributed by atoms with Gasteiger partial charge in [0.05, 0.1) is 11.9 Å². The number of aromatic nitrogens is 2. The van der Waals surface area contributed by atoms with Gasteiger partial charge >= 0.3 is 0 Å². The standard InChI is InChI=1S/C8H6N3S/c1-2-8(11-9-4-1)7-3-5-12-10-6-7/h1-5,10H. The van der Waals surface area contributed by atoms with Crippen molar-refractivity contribution >= 4 is 17.5 Å². The van der Waals surface area contributed by atoms with Crippen LogP contribution >= 0.6 is 11.9 Å². The minimum atomic E-state index is 0.835. The molecule has 1 aliphatic rings. The van der Waals surface area contributed by atoms with E-state index in [1.165, 1.54) is 11.9 Å². The highest BCUT2D eigenvalue weighted by Gasteiger charge is 2.01. The summed E-state index contributed by atoms with van der Waals surface area (Å²) >= 11 is 1.48. The quantitative estimate of drug-likeness (QED) is 0.656. The third-order valence-electron chi connectivity index (χ3n) is 1.40. The molecule has 0 atom stereocenters. The first-order chi connectivity index (χ1) is 5.97. The fourth-order valence-corrected chi connectivity index (χ4v) is 1.30. The maximum atomic E-state index is 3.95. The van der Waals surface area contributed by atoms with Gasteiger partial charge in [-0.3, -0.25) is 0 Å². The smallest absolute Gasteiger partial charge is 0.0951 e. The number of allylic oxidation sites excluding steroid dienone is 2. The third kappa shape index (κ3) is 1.48. The van der Waals surface area contributed by atoms with Crippen molar-refractivity contribution in [3.8, 4) is 0 Å². The normalized spacial score (nSPS) is 15.2. The molecule has 1 N–H and O–H groups in total. The van der Waals surface area contributed by atoms with E-state index in [4.69, 9.17) is 0 Å². The fraction of sp³-hybridized carbons (Fsp3) is 0. The average molecular weight is 176 g/mol. The minimum Gasteiger partial charge on any atom is -0.324 e. The number of hydrogen-bond acceptors (Lipinski definition) is 4. The Bertz CT molecular complexity index is 318. The molecule has 0 aromatic carbocycles. The molecule has 0 spiro atoms. The highest BCUT2D eigenvalue weighted by atomic mass is 32.2. The molecule has 0 bridgehead atoms. The fourth-order valence-electron chi connectivity index (χ4n) is 0.857. The summed E-state index contributed by atoms with van der Waals surface area (Å²) in [6, 6.07) is 3.75. The maximum absolute atomic E-state index is 3.95. The zero-order valence-corrected chi connectivity index (χ0v) is 7.01. The summed E-state index contributed by atoms with van der Waals surface area (Å²) in [6.07, 6.45) is 6.58. The summed E-state index contributed by atoms with van der Waals surface area (Å²) in [4.78, 5) is 0. The van der Waals surface area contributed by atoms with Gasteiger partial charge < -0.3 is 4.72 Å². The van der Waals surface area contributed by atoms with Crippen molar-refractivity contribution in [3.63, 3.8) is 0 Å². The first-order valence-electron chi connectivity index (χ1n) is 3.45. The van der Waals surface area contributed by atoms with Gasteiger partial charge in [-0.25, -0.2) is 0 Å². The molecule has 59 valence electrons. The van der Waals surface area contributed by atoms with E-state index >= 15 is 0 Å². The van der Waals surface area contributed by atoms with Gasteiger partial charge in [0.15, 0.2) is 0 Å². The Morgan fingerprint density at radius 1 is 1.50 bits per heavy atom. The minimum absolute atomic E-state index is 0.835. The van der Waals surface area contributed by atoms with Crippen LogP contribution in [0.3, 0.4) is 0 Å². The highest BCUT2D eigenvalue weighted by Crippen LogP contribution is 2.16. The third-order valence-corrected chi connectivity index (χ3v) is 1.89. The van der Waals surface area contributed by atoms with Crippen LogP contribution in [-0.4, -0.2) is 10.2 Å². The zero-order chi connectivity index (χ0) is 8.23. The second kappa shape index (κ2) is 3.40. The predicted octanol–water partition coefficient (Wildman–Crippen LogP) is 1.39. The van der Waals surface area contributed by atoms with E-state index in [-0.39, 0.29) is 0 Å². The van der Waals surface area contributed by atoms with Crippen molar-refractivity contribution < 1.29 is 0 Å². The molecule has 2 heterocycles. The van der Waals surface area contributed by atoms with Gasteiger partial charge in [-0.2, -0.15) is 10.2 Å². The largest absolute Gasteiger partial charge is 0.324 e. The van der Waals surface area contributed by atoms with Gasteiger partial charge in [-0.15, -0.1) is 0 Å². The van der Waals surface area contributed by atoms with Crippen LogP contribution in [0.5, 0.6) is 0 Å². The van der Waals surface area contributed by atoms with Crippen molar-refractivity contribution in [1.29, 1.82) is 0 Å². The Kier molecular flexibility index (Phi) is 2.09. The topological polar surface area (TPSA) is 37.8 Å². The van der Waals surface area contributed by atoms with Gasteiger partial charge in [0.25, 0.3) is 0 Å². The lowest BCUT2D eigenvalue weighted by molar-refractivity contribution is 1.01. The van der Waals surface area contributed by atoms with E-state index in [1.54, 1.807) is 6.20 Å². The summed E-state index contributed by atoms with van der Waals surface area (Å²) < 4.78 is 2.91. The second-order valence-electron chi connectivity index (χ2n) is 2.17. The van der Waals surface area contributed by atoms with E-state index in [0.29, 0.717) is 0 Å². The first-order valence-corrected chi connectivity index (χ1v) is 4.33. The zero-order valence-electron chi connectivity index (χ0n) is 6.19. The molecule has 4 heteroatoms. The Balaban J connectivity index is 2.31. The molecule has 1 aromatic rings. The van der Waals surface area contributed by atoms with Crippen LogP contribution in [0.25, 0.3) is 5.57 Å². The molecule has 0 saturated carbocycles. The molecule has 12 heavy (non-hydrogen) atoms. The SMILES string of the molecule is [C]1=C(c2cccnn2)C=CSN1. The van der Waals surface area contributed by atoms with Crippen molar-refractivity contribution in [2.24, 2.45) is 0 Å². The highest BCUT2D eigenvalue weighted by molar-refractivity contribution is 8.00. The molecule has 0 saturated heterocycles. The van der Waals surface area contributed by atoms with Crippen LogP contribution in [0.2, 0.25) is 0 Å². The Hall–Kier alpha value is -1.29. The molecular weight excluding hydrogens is 170 g/mol. The number of hydrogen-bond donors (Lipinski definition) is 1. The molecule has 0 aliphatic carbocycles. The van der Waals surface area contributed by atoms with Crippen molar-refractivity contribution in [2.75, 3.05) is 0 Å². The Morgan fingerprint density at radius 2 is 2.50 bits per heavy atom. The monoisotopic (exact) mass is 176 g/mol. The van der Waals surface area contributed by atoms with E-state index in [9.17, 15) is 0 Å². The molecule has 1 aromatic heterocycles. The summed E-state index contributed by atoms with van der Waals surface area (Å²) in [5.41, 5.74) is 1.77. The number of rotatable bonds is 1. The predicted molar refractivity (Wildman–Crippen MR) is 48.5 cm³/mol. The van der Waals surface area contributed by atoms with Gasteiger partial charge in [-0.05, 0) is 35.6 Å². The molecule has 1 aliphatic heterocycles. The maximum Gasteiger partial charge on any atom is 0.0951 e. The van der Waals surface area contributed by atoms with E-state index in [0.717, 1.165) is 11.3 Å². The van der Waals surface area contributed by atoms with Crippen LogP contribution in [0.15, 0.2) is 29.8 Å². The lowest BCUT2D eigenvalue weighted by Crippen LogP contribution is -1.99. The van der Waals surface area contributed by atoms with Crippen LogP contribution < -0.4 is 4.72 Å². The summed E-state index contributed by atoms with van der Waals surface area (Å²) in [5, 5.41) is 9.68. The van der Waals surface area contributed by atoms with Crippen molar-refractivity contribution in [3.05, 3.63) is 41.7 Å². The molecule has 1 radical (unpaired) electrons. The summed E-state index contributed by atoms with van der Waals surface area (Å²) in [5.74, 6) is 0. The van der Waals surface area contributed by atoms with Crippen LogP contribution in [0.1, 0.15) is 5.69 Å². The molecule has 0 amide bonds.